The number of hydrazone groups is 1. The van der Waals surface area contributed by atoms with Crippen molar-refractivity contribution < 1.29 is 13.9 Å². The van der Waals surface area contributed by atoms with Crippen molar-refractivity contribution in [3.8, 4) is 17.1 Å². The van der Waals surface area contributed by atoms with E-state index in [2.05, 4.69) is 33.4 Å². The first-order valence-electron chi connectivity index (χ1n) is 12.1. The molecule has 3 rings (SSSR count). The smallest absolute Gasteiger partial charge is 0.271 e. The topological polar surface area (TPSA) is 63.8 Å². The molecule has 180 valence electrons. The quantitative estimate of drug-likeness (QED) is 0.132. The number of amides is 1. The van der Waals surface area contributed by atoms with Crippen molar-refractivity contribution in [2.75, 3.05) is 6.61 Å². The molecule has 0 fully saturated rings. The maximum atomic E-state index is 12.3. The molecule has 0 aliphatic carbocycles. The van der Waals surface area contributed by atoms with Crippen molar-refractivity contribution in [2.24, 2.45) is 5.10 Å². The lowest BCUT2D eigenvalue weighted by Crippen LogP contribution is -2.17. The summed E-state index contributed by atoms with van der Waals surface area (Å²) < 4.78 is 12.6. The van der Waals surface area contributed by atoms with Crippen LogP contribution in [0, 0.1) is 0 Å². The van der Waals surface area contributed by atoms with E-state index in [4.69, 9.17) is 9.15 Å². The van der Waals surface area contributed by atoms with Gasteiger partial charge in [-0.2, -0.15) is 5.10 Å². The van der Waals surface area contributed by atoms with Crippen LogP contribution in [0.2, 0.25) is 0 Å². The lowest BCUT2D eigenvalue weighted by molar-refractivity contribution is 0.0955. The number of halogens is 1. The average molecular weight is 525 g/mol. The first kappa shape index (κ1) is 25.8. The van der Waals surface area contributed by atoms with Crippen LogP contribution < -0.4 is 10.2 Å². The predicted molar refractivity (Wildman–Crippen MR) is 141 cm³/mol. The van der Waals surface area contributed by atoms with Gasteiger partial charge >= 0.3 is 0 Å². The molecule has 3 aromatic rings. The molecule has 6 heteroatoms. The maximum Gasteiger partial charge on any atom is 0.271 e. The molecule has 0 unspecified atom stereocenters. The van der Waals surface area contributed by atoms with Gasteiger partial charge < -0.3 is 9.15 Å². The Morgan fingerprint density at radius 2 is 1.59 bits per heavy atom. The normalized spacial score (nSPS) is 11.1. The molecule has 1 heterocycles. The number of nitrogens with one attached hydrogen (secondary N) is 1. The third-order valence-electron chi connectivity index (χ3n) is 5.50. The Bertz CT molecular complexity index is 1030. The van der Waals surface area contributed by atoms with Gasteiger partial charge in [0, 0.05) is 15.6 Å². The molecule has 0 saturated heterocycles. The molecular weight excluding hydrogens is 492 g/mol. The molecule has 1 amide bonds. The van der Waals surface area contributed by atoms with Crippen LogP contribution in [-0.2, 0) is 0 Å². The van der Waals surface area contributed by atoms with Crippen molar-refractivity contribution in [1.29, 1.82) is 0 Å². The number of rotatable bonds is 14. The third kappa shape index (κ3) is 8.82. The molecule has 2 aromatic carbocycles. The van der Waals surface area contributed by atoms with Crippen LogP contribution in [0.4, 0.5) is 0 Å². The molecule has 34 heavy (non-hydrogen) atoms. The molecule has 0 atom stereocenters. The number of furan rings is 1. The zero-order chi connectivity index (χ0) is 24.0. The second-order valence-corrected chi connectivity index (χ2v) is 9.17. The monoisotopic (exact) mass is 524 g/mol. The largest absolute Gasteiger partial charge is 0.494 e. The summed E-state index contributed by atoms with van der Waals surface area (Å²) in [5, 5.41) is 4.01. The molecule has 0 radical (unpaired) electrons. The van der Waals surface area contributed by atoms with E-state index in [1.54, 1.807) is 12.1 Å². The molecule has 1 aromatic heterocycles. The van der Waals surface area contributed by atoms with Gasteiger partial charge in [0.1, 0.15) is 17.3 Å². The van der Waals surface area contributed by atoms with Crippen molar-refractivity contribution in [2.45, 2.75) is 58.3 Å². The van der Waals surface area contributed by atoms with Gasteiger partial charge in [0.2, 0.25) is 0 Å². The highest BCUT2D eigenvalue weighted by molar-refractivity contribution is 9.10. The number of hydrogen-bond donors (Lipinski definition) is 1. The van der Waals surface area contributed by atoms with Crippen LogP contribution in [-0.4, -0.2) is 18.7 Å². The van der Waals surface area contributed by atoms with Gasteiger partial charge in [-0.15, -0.1) is 0 Å². The fraction of sp³-hybridized carbons (Fsp3) is 0.357. The number of unbranched alkanes of at least 4 members (excludes halogenated alkanes) is 7. The van der Waals surface area contributed by atoms with E-state index in [1.165, 1.54) is 51.2 Å². The number of nitrogens with zero attached hydrogens (tertiary/aromatic N) is 1. The minimum atomic E-state index is -0.287. The summed E-state index contributed by atoms with van der Waals surface area (Å²) in [5.74, 6) is 1.79. The lowest BCUT2D eigenvalue weighted by Gasteiger charge is -2.07. The van der Waals surface area contributed by atoms with Gasteiger partial charge in [-0.3, -0.25) is 4.79 Å². The van der Waals surface area contributed by atoms with E-state index >= 15 is 0 Å². The van der Waals surface area contributed by atoms with E-state index in [0.717, 1.165) is 28.0 Å². The minimum absolute atomic E-state index is 0.287. The number of carbonyl (C=O) groups is 1. The van der Waals surface area contributed by atoms with E-state index in [0.29, 0.717) is 17.9 Å². The van der Waals surface area contributed by atoms with Crippen LogP contribution in [0.15, 0.2) is 74.7 Å². The number of benzene rings is 2. The average Bonchev–Trinajstić information content (AvgIpc) is 3.32. The fourth-order valence-corrected chi connectivity index (χ4v) is 3.80. The van der Waals surface area contributed by atoms with Crippen LogP contribution in [0.1, 0.15) is 74.4 Å². The van der Waals surface area contributed by atoms with E-state index in [-0.39, 0.29) is 5.91 Å². The summed E-state index contributed by atoms with van der Waals surface area (Å²) >= 11 is 3.42. The van der Waals surface area contributed by atoms with Gasteiger partial charge in [0.05, 0.1) is 12.8 Å². The standard InChI is InChI=1S/C28H33BrN2O3/c1-2-3-4-5-6-7-8-9-20-33-25-16-12-23(13-17-25)28(32)31-30-21-26-18-19-27(34-26)22-10-14-24(29)15-11-22/h10-19,21H,2-9,20H2,1H3,(H,31,32). The molecule has 5 nitrogen and oxygen atoms in total. The zero-order valence-electron chi connectivity index (χ0n) is 19.8. The summed E-state index contributed by atoms with van der Waals surface area (Å²) in [6.45, 7) is 2.95. The highest BCUT2D eigenvalue weighted by Crippen LogP contribution is 2.23. The summed E-state index contributed by atoms with van der Waals surface area (Å²) in [5.41, 5.74) is 4.02. The highest BCUT2D eigenvalue weighted by Gasteiger charge is 2.06. The Morgan fingerprint density at radius 1 is 0.912 bits per heavy atom. The number of hydrogen-bond acceptors (Lipinski definition) is 4. The number of carbonyl (C=O) groups excluding carboxylic acids is 1. The Morgan fingerprint density at radius 3 is 2.29 bits per heavy atom. The van der Waals surface area contributed by atoms with Gasteiger partial charge in [-0.05, 0) is 55.0 Å². The lowest BCUT2D eigenvalue weighted by atomic mass is 10.1. The fourth-order valence-electron chi connectivity index (χ4n) is 3.54. The Labute approximate surface area is 210 Å². The second kappa shape index (κ2) is 14.4. The van der Waals surface area contributed by atoms with Crippen molar-refractivity contribution in [1.82, 2.24) is 5.43 Å². The van der Waals surface area contributed by atoms with Crippen molar-refractivity contribution >= 4 is 28.1 Å². The predicted octanol–water partition coefficient (Wildman–Crippen LogP) is 7.99. The molecule has 0 spiro atoms. The van der Waals surface area contributed by atoms with Crippen molar-refractivity contribution in [3.05, 3.63) is 76.5 Å². The Kier molecular flexibility index (Phi) is 10.9. The second-order valence-electron chi connectivity index (χ2n) is 8.26. The molecule has 1 N–H and O–H groups in total. The van der Waals surface area contributed by atoms with Gasteiger partial charge in [-0.1, -0.05) is 79.9 Å². The van der Waals surface area contributed by atoms with E-state index < -0.39 is 0 Å². The molecule has 0 aliphatic rings. The van der Waals surface area contributed by atoms with Crippen LogP contribution in [0.3, 0.4) is 0 Å². The first-order chi connectivity index (χ1) is 16.7. The minimum Gasteiger partial charge on any atom is -0.494 e. The Balaban J connectivity index is 1.36. The van der Waals surface area contributed by atoms with Crippen molar-refractivity contribution in [3.63, 3.8) is 0 Å². The third-order valence-corrected chi connectivity index (χ3v) is 6.03. The Hall–Kier alpha value is -2.86. The molecule has 0 saturated carbocycles. The van der Waals surface area contributed by atoms with Gasteiger partial charge in [0.15, 0.2) is 0 Å². The van der Waals surface area contributed by atoms with Crippen LogP contribution in [0.5, 0.6) is 5.75 Å². The summed E-state index contributed by atoms with van der Waals surface area (Å²) in [7, 11) is 0. The maximum absolute atomic E-state index is 12.3. The SMILES string of the molecule is CCCCCCCCCCOc1ccc(C(=O)NN=Cc2ccc(-c3ccc(Br)cc3)o2)cc1. The summed E-state index contributed by atoms with van der Waals surface area (Å²) in [6, 6.07) is 18.7. The first-order valence-corrected chi connectivity index (χ1v) is 12.9. The summed E-state index contributed by atoms with van der Waals surface area (Å²) in [6.07, 6.45) is 11.7. The zero-order valence-corrected chi connectivity index (χ0v) is 21.4. The van der Waals surface area contributed by atoms with E-state index in [1.807, 2.05) is 48.5 Å². The van der Waals surface area contributed by atoms with Gasteiger partial charge in [-0.25, -0.2) is 5.43 Å². The van der Waals surface area contributed by atoms with E-state index in [9.17, 15) is 4.79 Å². The highest BCUT2D eigenvalue weighted by atomic mass is 79.9. The molecule has 0 aliphatic heterocycles. The van der Waals surface area contributed by atoms with Gasteiger partial charge in [0.25, 0.3) is 5.91 Å². The number of ether oxygens (including phenoxy) is 1. The summed E-state index contributed by atoms with van der Waals surface area (Å²) in [4.78, 5) is 12.3. The molecule has 0 bridgehead atoms. The van der Waals surface area contributed by atoms with Crippen LogP contribution in [0.25, 0.3) is 11.3 Å². The molecular formula is C28H33BrN2O3. The van der Waals surface area contributed by atoms with Crippen LogP contribution >= 0.6 is 15.9 Å².